The predicted octanol–water partition coefficient (Wildman–Crippen LogP) is 1.55. The maximum absolute atomic E-state index is 13.0. The van der Waals surface area contributed by atoms with Crippen molar-refractivity contribution in [1.82, 2.24) is 20.4 Å². The molecule has 2 aromatic rings. The molecule has 3 saturated heterocycles. The molecular weight excluding hydrogens is 532 g/mol. The van der Waals surface area contributed by atoms with E-state index in [4.69, 9.17) is 4.74 Å². The summed E-state index contributed by atoms with van der Waals surface area (Å²) in [6, 6.07) is 12.6. The number of likely N-dealkylation sites (tertiary alicyclic amines) is 1. The highest BCUT2D eigenvalue weighted by molar-refractivity contribution is 7.92. The van der Waals surface area contributed by atoms with Crippen LogP contribution in [0.5, 0.6) is 0 Å². The quantitative estimate of drug-likeness (QED) is 0.505. The molecule has 0 aliphatic carbocycles. The molecular formula is C29H34N4O6S. The zero-order valence-corrected chi connectivity index (χ0v) is 23.1. The van der Waals surface area contributed by atoms with Crippen molar-refractivity contribution in [2.24, 2.45) is 0 Å². The summed E-state index contributed by atoms with van der Waals surface area (Å²) in [6.07, 6.45) is 2.52. The molecule has 4 aliphatic heterocycles. The van der Waals surface area contributed by atoms with Gasteiger partial charge in [0.2, 0.25) is 21.7 Å². The van der Waals surface area contributed by atoms with Crippen LogP contribution in [0.4, 0.5) is 0 Å². The maximum Gasteiger partial charge on any atom is 0.255 e. The minimum Gasteiger partial charge on any atom is -0.359 e. The smallest absolute Gasteiger partial charge is 0.255 e. The fourth-order valence-electron chi connectivity index (χ4n) is 6.24. The van der Waals surface area contributed by atoms with Crippen molar-refractivity contribution >= 4 is 27.6 Å². The number of carbonyl (C=O) groups excluding carboxylic acids is 3. The average Bonchev–Trinajstić information content (AvgIpc) is 3.29. The van der Waals surface area contributed by atoms with Gasteiger partial charge < -0.3 is 15.0 Å². The standard InChI is InChI=1S/C29H34N4O6S/c34-26-7-6-25(28(35)31-26)33-18-22-15-21(4-5-24(22)29(33)36)20-8-11-32(12-9-20)17-19-2-1-3-23(14-19)40(37,38)27-16-30-10-13-39-27/h1-5,14-15,20,25,27,30H,6-13,16-18H2,(H,31,34,35). The largest absolute Gasteiger partial charge is 0.359 e. The number of sulfone groups is 1. The molecule has 3 fully saturated rings. The molecule has 0 saturated carbocycles. The van der Waals surface area contributed by atoms with Gasteiger partial charge in [-0.1, -0.05) is 24.3 Å². The molecule has 6 rings (SSSR count). The minimum atomic E-state index is -3.56. The first kappa shape index (κ1) is 27.1. The Morgan fingerprint density at radius 2 is 1.82 bits per heavy atom. The molecule has 0 aromatic heterocycles. The number of rotatable bonds is 6. The summed E-state index contributed by atoms with van der Waals surface area (Å²) in [5.74, 6) is -0.471. The van der Waals surface area contributed by atoms with Crippen LogP contribution < -0.4 is 10.6 Å². The van der Waals surface area contributed by atoms with E-state index in [1.807, 2.05) is 18.2 Å². The van der Waals surface area contributed by atoms with Crippen LogP contribution >= 0.6 is 0 Å². The third kappa shape index (κ3) is 5.30. The lowest BCUT2D eigenvalue weighted by molar-refractivity contribution is -0.136. The second-order valence-electron chi connectivity index (χ2n) is 11.1. The number of morpholine rings is 1. The van der Waals surface area contributed by atoms with E-state index in [1.54, 1.807) is 23.1 Å². The summed E-state index contributed by atoms with van der Waals surface area (Å²) < 4.78 is 31.6. The van der Waals surface area contributed by atoms with Gasteiger partial charge in [-0.05, 0) is 73.2 Å². The number of nitrogens with zero attached hydrogens (tertiary/aromatic N) is 2. The van der Waals surface area contributed by atoms with Gasteiger partial charge in [-0.15, -0.1) is 0 Å². The van der Waals surface area contributed by atoms with E-state index in [1.165, 1.54) is 5.56 Å². The lowest BCUT2D eigenvalue weighted by Gasteiger charge is -2.32. The Balaban J connectivity index is 1.07. The number of benzene rings is 2. The van der Waals surface area contributed by atoms with E-state index in [2.05, 4.69) is 21.6 Å². The number of piperidine rings is 2. The summed E-state index contributed by atoms with van der Waals surface area (Å²) in [4.78, 5) is 41.1. The highest BCUT2D eigenvalue weighted by atomic mass is 32.2. The molecule has 4 heterocycles. The molecule has 2 aromatic carbocycles. The summed E-state index contributed by atoms with van der Waals surface area (Å²) in [6.45, 7) is 4.18. The van der Waals surface area contributed by atoms with Gasteiger partial charge in [0.1, 0.15) is 6.04 Å². The summed E-state index contributed by atoms with van der Waals surface area (Å²) in [5, 5.41) is 5.44. The number of hydrogen-bond acceptors (Lipinski definition) is 8. The van der Waals surface area contributed by atoms with E-state index in [9.17, 15) is 22.8 Å². The molecule has 40 heavy (non-hydrogen) atoms. The van der Waals surface area contributed by atoms with Crippen LogP contribution in [0.3, 0.4) is 0 Å². The molecule has 4 aliphatic rings. The van der Waals surface area contributed by atoms with Crippen LogP contribution in [0, 0.1) is 0 Å². The molecule has 212 valence electrons. The van der Waals surface area contributed by atoms with Crippen LogP contribution in [-0.2, 0) is 37.3 Å². The van der Waals surface area contributed by atoms with Gasteiger partial charge in [-0.25, -0.2) is 8.42 Å². The summed E-state index contributed by atoms with van der Waals surface area (Å²) in [5.41, 5.74) is 2.88. The van der Waals surface area contributed by atoms with Crippen LogP contribution in [0.2, 0.25) is 0 Å². The normalized spacial score (nSPS) is 24.7. The van der Waals surface area contributed by atoms with Gasteiger partial charge in [0.15, 0.2) is 5.44 Å². The van der Waals surface area contributed by atoms with Crippen LogP contribution in [0.1, 0.15) is 58.6 Å². The molecule has 0 bridgehead atoms. The maximum atomic E-state index is 13.0. The number of imide groups is 1. The van der Waals surface area contributed by atoms with Gasteiger partial charge in [0, 0.05) is 38.2 Å². The second-order valence-corrected chi connectivity index (χ2v) is 13.2. The number of nitrogens with one attached hydrogen (secondary N) is 2. The van der Waals surface area contributed by atoms with E-state index in [-0.39, 0.29) is 18.2 Å². The SMILES string of the molecule is O=C1CCC(N2Cc3cc(C4CCN(Cc5cccc(S(=O)(=O)C6CNCCO6)c5)CC4)ccc3C2=O)C(=O)N1. The molecule has 0 spiro atoms. The number of fused-ring (bicyclic) bond motifs is 1. The van der Waals surface area contributed by atoms with Gasteiger partial charge in [-0.2, -0.15) is 0 Å². The van der Waals surface area contributed by atoms with Gasteiger partial charge in [-0.3, -0.25) is 24.6 Å². The Hall–Kier alpha value is -3.12. The Bertz CT molecular complexity index is 1430. The highest BCUT2D eigenvalue weighted by Crippen LogP contribution is 2.34. The number of hydrogen-bond donors (Lipinski definition) is 2. The van der Waals surface area contributed by atoms with Gasteiger partial charge >= 0.3 is 0 Å². The predicted molar refractivity (Wildman–Crippen MR) is 146 cm³/mol. The van der Waals surface area contributed by atoms with Crippen molar-refractivity contribution in [3.63, 3.8) is 0 Å². The van der Waals surface area contributed by atoms with Crippen molar-refractivity contribution < 1.29 is 27.5 Å². The zero-order chi connectivity index (χ0) is 27.9. The number of ether oxygens (including phenoxy) is 1. The molecule has 2 unspecified atom stereocenters. The number of amides is 3. The molecule has 2 N–H and O–H groups in total. The van der Waals surface area contributed by atoms with Crippen molar-refractivity contribution in [1.29, 1.82) is 0 Å². The summed E-state index contributed by atoms with van der Waals surface area (Å²) in [7, 11) is -3.56. The molecule has 3 amide bonds. The topological polar surface area (TPSA) is 125 Å². The van der Waals surface area contributed by atoms with E-state index >= 15 is 0 Å². The Labute approximate surface area is 234 Å². The Kier molecular flexibility index (Phi) is 7.47. The van der Waals surface area contributed by atoms with E-state index < -0.39 is 27.2 Å². The number of carbonyl (C=O) groups is 3. The third-order valence-electron chi connectivity index (χ3n) is 8.48. The Morgan fingerprint density at radius 3 is 2.58 bits per heavy atom. The van der Waals surface area contributed by atoms with Crippen LogP contribution in [-0.4, -0.2) is 80.2 Å². The third-order valence-corrected chi connectivity index (χ3v) is 10.4. The van der Waals surface area contributed by atoms with Crippen molar-refractivity contribution in [3.05, 3.63) is 64.7 Å². The fourth-order valence-corrected chi connectivity index (χ4v) is 7.74. The van der Waals surface area contributed by atoms with Gasteiger partial charge in [0.25, 0.3) is 5.91 Å². The molecule has 11 heteroatoms. The van der Waals surface area contributed by atoms with E-state index in [0.29, 0.717) is 55.6 Å². The minimum absolute atomic E-state index is 0.151. The van der Waals surface area contributed by atoms with Crippen molar-refractivity contribution in [2.45, 2.75) is 61.1 Å². The van der Waals surface area contributed by atoms with Crippen LogP contribution in [0.25, 0.3) is 0 Å². The van der Waals surface area contributed by atoms with Crippen molar-refractivity contribution in [3.8, 4) is 0 Å². The summed E-state index contributed by atoms with van der Waals surface area (Å²) >= 11 is 0. The van der Waals surface area contributed by atoms with Crippen molar-refractivity contribution in [2.75, 3.05) is 32.8 Å². The monoisotopic (exact) mass is 566 g/mol. The zero-order valence-electron chi connectivity index (χ0n) is 22.3. The average molecular weight is 567 g/mol. The van der Waals surface area contributed by atoms with Crippen LogP contribution in [0.15, 0.2) is 47.4 Å². The van der Waals surface area contributed by atoms with E-state index in [0.717, 1.165) is 37.1 Å². The molecule has 10 nitrogen and oxygen atoms in total. The fraction of sp³-hybridized carbons (Fsp3) is 0.483. The first-order chi connectivity index (χ1) is 19.3. The molecule has 0 radical (unpaired) electrons. The van der Waals surface area contributed by atoms with Gasteiger partial charge in [0.05, 0.1) is 11.5 Å². The highest BCUT2D eigenvalue weighted by Gasteiger charge is 2.39. The first-order valence-electron chi connectivity index (χ1n) is 13.9. The Morgan fingerprint density at radius 1 is 1.00 bits per heavy atom. The lowest BCUT2D eigenvalue weighted by Crippen LogP contribution is -2.52. The first-order valence-corrected chi connectivity index (χ1v) is 15.5. The molecule has 2 atom stereocenters. The lowest BCUT2D eigenvalue weighted by atomic mass is 9.87. The second kappa shape index (κ2) is 11.0.